The predicted octanol–water partition coefficient (Wildman–Crippen LogP) is 4.22. The standard InChI is InChI=1S/C23H29ClN2O3/c1-5-16(2)25-23(28)17(3)26(15-18-10-12-20(29-4)13-11-18)22(27)14-19-8-6-7-9-21(19)24/h6-13,16-17H,5,14-15H2,1-4H3,(H,25,28)/t16-,17-/m1/s1. The van der Waals surface area contributed by atoms with E-state index in [0.717, 1.165) is 23.3 Å². The molecule has 1 N–H and O–H groups in total. The van der Waals surface area contributed by atoms with Gasteiger partial charge in [0.2, 0.25) is 11.8 Å². The van der Waals surface area contributed by atoms with Crippen molar-refractivity contribution in [2.24, 2.45) is 0 Å². The second-order valence-corrected chi connectivity index (χ2v) is 7.54. The van der Waals surface area contributed by atoms with Crippen molar-refractivity contribution < 1.29 is 14.3 Å². The number of amides is 2. The minimum Gasteiger partial charge on any atom is -0.497 e. The van der Waals surface area contributed by atoms with Gasteiger partial charge in [-0.2, -0.15) is 0 Å². The molecule has 0 aliphatic carbocycles. The zero-order valence-electron chi connectivity index (χ0n) is 17.4. The Kier molecular flexibility index (Phi) is 8.52. The summed E-state index contributed by atoms with van der Waals surface area (Å²) in [5, 5.41) is 3.51. The fourth-order valence-corrected chi connectivity index (χ4v) is 3.08. The van der Waals surface area contributed by atoms with Crippen LogP contribution in [-0.4, -0.2) is 35.9 Å². The Hall–Kier alpha value is -2.53. The van der Waals surface area contributed by atoms with Gasteiger partial charge in [-0.3, -0.25) is 9.59 Å². The molecule has 0 aliphatic rings. The lowest BCUT2D eigenvalue weighted by atomic mass is 10.1. The minimum absolute atomic E-state index is 0.0476. The van der Waals surface area contributed by atoms with Crippen LogP contribution in [0.5, 0.6) is 5.75 Å². The molecule has 0 saturated heterocycles. The fourth-order valence-electron chi connectivity index (χ4n) is 2.88. The van der Waals surface area contributed by atoms with Gasteiger partial charge in [-0.1, -0.05) is 48.9 Å². The maximum Gasteiger partial charge on any atom is 0.242 e. The Morgan fingerprint density at radius 2 is 1.76 bits per heavy atom. The molecule has 0 spiro atoms. The van der Waals surface area contributed by atoms with Crippen molar-refractivity contribution in [3.8, 4) is 5.75 Å². The molecular formula is C23H29ClN2O3. The second-order valence-electron chi connectivity index (χ2n) is 7.13. The van der Waals surface area contributed by atoms with E-state index in [1.165, 1.54) is 0 Å². The second kappa shape index (κ2) is 10.9. The van der Waals surface area contributed by atoms with E-state index in [0.29, 0.717) is 11.6 Å². The molecule has 2 aromatic rings. The van der Waals surface area contributed by atoms with Gasteiger partial charge < -0.3 is 15.0 Å². The van der Waals surface area contributed by atoms with Gasteiger partial charge in [0.1, 0.15) is 11.8 Å². The number of carbonyl (C=O) groups excluding carboxylic acids is 2. The summed E-state index contributed by atoms with van der Waals surface area (Å²) in [6.45, 7) is 6.03. The molecule has 0 fully saturated rings. The molecule has 156 valence electrons. The molecule has 6 heteroatoms. The van der Waals surface area contributed by atoms with Crippen molar-refractivity contribution in [3.05, 3.63) is 64.7 Å². The van der Waals surface area contributed by atoms with Gasteiger partial charge in [0, 0.05) is 17.6 Å². The van der Waals surface area contributed by atoms with Crippen LogP contribution < -0.4 is 10.1 Å². The van der Waals surface area contributed by atoms with Crippen LogP contribution in [0.4, 0.5) is 0 Å². The van der Waals surface area contributed by atoms with Gasteiger partial charge in [0.05, 0.1) is 13.5 Å². The van der Waals surface area contributed by atoms with Crippen LogP contribution in [0.3, 0.4) is 0 Å². The average Bonchev–Trinajstić information content (AvgIpc) is 2.73. The number of methoxy groups -OCH3 is 1. The molecule has 0 heterocycles. The number of nitrogens with one attached hydrogen (secondary N) is 1. The Balaban J connectivity index is 2.24. The molecule has 2 rings (SSSR count). The number of halogens is 1. The summed E-state index contributed by atoms with van der Waals surface area (Å²) in [7, 11) is 1.61. The van der Waals surface area contributed by atoms with Crippen LogP contribution in [0.1, 0.15) is 38.3 Å². The SMILES string of the molecule is CC[C@@H](C)NC(=O)[C@@H](C)N(Cc1ccc(OC)cc1)C(=O)Cc1ccccc1Cl. The van der Waals surface area contributed by atoms with E-state index < -0.39 is 6.04 Å². The monoisotopic (exact) mass is 416 g/mol. The van der Waals surface area contributed by atoms with E-state index in [-0.39, 0.29) is 24.3 Å². The summed E-state index contributed by atoms with van der Waals surface area (Å²) in [6.07, 6.45) is 0.960. The highest BCUT2D eigenvalue weighted by atomic mass is 35.5. The first kappa shape index (κ1) is 22.8. The molecule has 2 aromatic carbocycles. The first-order chi connectivity index (χ1) is 13.8. The van der Waals surface area contributed by atoms with Crippen molar-refractivity contribution in [1.29, 1.82) is 0 Å². The largest absolute Gasteiger partial charge is 0.497 e. The lowest BCUT2D eigenvalue weighted by Crippen LogP contribution is -2.49. The number of ether oxygens (including phenoxy) is 1. The zero-order chi connectivity index (χ0) is 21.4. The number of rotatable bonds is 9. The van der Waals surface area contributed by atoms with Gasteiger partial charge >= 0.3 is 0 Å². The number of carbonyl (C=O) groups is 2. The summed E-state index contributed by atoms with van der Waals surface area (Å²) in [6, 6.07) is 14.2. The summed E-state index contributed by atoms with van der Waals surface area (Å²) >= 11 is 6.23. The topological polar surface area (TPSA) is 58.6 Å². The maximum absolute atomic E-state index is 13.2. The highest BCUT2D eigenvalue weighted by Gasteiger charge is 2.27. The number of nitrogens with zero attached hydrogens (tertiary/aromatic N) is 1. The van der Waals surface area contributed by atoms with E-state index in [1.54, 1.807) is 25.0 Å². The molecule has 5 nitrogen and oxygen atoms in total. The van der Waals surface area contributed by atoms with E-state index in [9.17, 15) is 9.59 Å². The molecule has 0 aromatic heterocycles. The van der Waals surface area contributed by atoms with E-state index >= 15 is 0 Å². The van der Waals surface area contributed by atoms with Crippen LogP contribution >= 0.6 is 11.6 Å². The molecule has 2 amide bonds. The van der Waals surface area contributed by atoms with Crippen LogP contribution in [0.25, 0.3) is 0 Å². The van der Waals surface area contributed by atoms with Gasteiger partial charge in [0.15, 0.2) is 0 Å². The van der Waals surface area contributed by atoms with Crippen molar-refractivity contribution in [2.45, 2.75) is 52.2 Å². The average molecular weight is 417 g/mol. The third kappa shape index (κ3) is 6.50. The van der Waals surface area contributed by atoms with Gasteiger partial charge in [-0.05, 0) is 49.6 Å². The minimum atomic E-state index is -0.610. The smallest absolute Gasteiger partial charge is 0.242 e. The summed E-state index contributed by atoms with van der Waals surface area (Å²) in [5.41, 5.74) is 1.66. The third-order valence-corrected chi connectivity index (χ3v) is 5.35. The van der Waals surface area contributed by atoms with Gasteiger partial charge in [-0.25, -0.2) is 0 Å². The summed E-state index contributed by atoms with van der Waals surface area (Å²) in [5.74, 6) is 0.423. The molecule has 0 radical (unpaired) electrons. The summed E-state index contributed by atoms with van der Waals surface area (Å²) in [4.78, 5) is 27.5. The van der Waals surface area contributed by atoms with Gasteiger partial charge in [-0.15, -0.1) is 0 Å². The number of hydrogen-bond donors (Lipinski definition) is 1. The lowest BCUT2D eigenvalue weighted by Gasteiger charge is -2.30. The first-order valence-electron chi connectivity index (χ1n) is 9.81. The van der Waals surface area contributed by atoms with Crippen LogP contribution in [0.15, 0.2) is 48.5 Å². The normalized spacial score (nSPS) is 12.7. The fraction of sp³-hybridized carbons (Fsp3) is 0.391. The van der Waals surface area contributed by atoms with Crippen LogP contribution in [-0.2, 0) is 22.6 Å². The molecule has 0 bridgehead atoms. The Bertz CT molecular complexity index is 823. The van der Waals surface area contributed by atoms with Crippen molar-refractivity contribution >= 4 is 23.4 Å². The molecule has 0 saturated carbocycles. The Morgan fingerprint density at radius 1 is 1.10 bits per heavy atom. The molecule has 2 atom stereocenters. The highest BCUT2D eigenvalue weighted by molar-refractivity contribution is 6.31. The molecular weight excluding hydrogens is 388 g/mol. The van der Waals surface area contributed by atoms with Crippen LogP contribution in [0, 0.1) is 0 Å². The predicted molar refractivity (Wildman–Crippen MR) is 116 cm³/mol. The van der Waals surface area contributed by atoms with Crippen LogP contribution in [0.2, 0.25) is 5.02 Å². The molecule has 0 unspecified atom stereocenters. The zero-order valence-corrected chi connectivity index (χ0v) is 18.2. The Morgan fingerprint density at radius 3 is 2.34 bits per heavy atom. The van der Waals surface area contributed by atoms with Crippen molar-refractivity contribution in [2.75, 3.05) is 7.11 Å². The number of hydrogen-bond acceptors (Lipinski definition) is 3. The van der Waals surface area contributed by atoms with E-state index in [2.05, 4.69) is 5.32 Å². The van der Waals surface area contributed by atoms with Gasteiger partial charge in [0.25, 0.3) is 0 Å². The Labute approximate surface area is 178 Å². The van der Waals surface area contributed by atoms with Crippen molar-refractivity contribution in [1.82, 2.24) is 10.2 Å². The maximum atomic E-state index is 13.2. The van der Waals surface area contributed by atoms with E-state index in [1.807, 2.05) is 56.3 Å². The van der Waals surface area contributed by atoms with Crippen molar-refractivity contribution in [3.63, 3.8) is 0 Å². The highest BCUT2D eigenvalue weighted by Crippen LogP contribution is 2.19. The van der Waals surface area contributed by atoms with E-state index in [4.69, 9.17) is 16.3 Å². The molecule has 29 heavy (non-hydrogen) atoms. The first-order valence-corrected chi connectivity index (χ1v) is 10.2. The number of benzene rings is 2. The molecule has 0 aliphatic heterocycles. The third-order valence-electron chi connectivity index (χ3n) is 4.98. The summed E-state index contributed by atoms with van der Waals surface area (Å²) < 4.78 is 5.20. The quantitative estimate of drug-likeness (QED) is 0.665. The lowest BCUT2D eigenvalue weighted by molar-refractivity contribution is -0.140.